The highest BCUT2D eigenvalue weighted by atomic mass is 35.5. The van der Waals surface area contributed by atoms with Crippen molar-refractivity contribution in [1.82, 2.24) is 19.7 Å². The van der Waals surface area contributed by atoms with Gasteiger partial charge in [-0.3, -0.25) is 19.0 Å². The number of carbonyl (C=O) groups is 1. The van der Waals surface area contributed by atoms with Crippen molar-refractivity contribution in [1.29, 1.82) is 0 Å². The number of hydrogen-bond acceptors (Lipinski definition) is 4. The van der Waals surface area contributed by atoms with Crippen LogP contribution in [0.2, 0.25) is 0 Å². The summed E-state index contributed by atoms with van der Waals surface area (Å²) in [5.74, 6) is 0.150. The smallest absolute Gasteiger partial charge is 0.265 e. The molecular weight excluding hydrogens is 483 g/mol. The minimum absolute atomic E-state index is 0. The molecule has 1 N–H and O–H groups in total. The summed E-state index contributed by atoms with van der Waals surface area (Å²) in [5, 5.41) is 3.54. The molecule has 0 saturated carbocycles. The summed E-state index contributed by atoms with van der Waals surface area (Å²) in [6.45, 7) is 4.80. The molecule has 4 rings (SSSR count). The second-order valence-electron chi connectivity index (χ2n) is 8.78. The zero-order chi connectivity index (χ0) is 23.2. The number of nitrogens with zero attached hydrogens (tertiary/aromatic N) is 3. The van der Waals surface area contributed by atoms with Gasteiger partial charge in [-0.15, -0.1) is 24.8 Å². The maximum absolute atomic E-state index is 13.1. The van der Waals surface area contributed by atoms with Crippen LogP contribution in [0.1, 0.15) is 66.9 Å². The molecule has 0 spiro atoms. The van der Waals surface area contributed by atoms with Gasteiger partial charge < -0.3 is 5.32 Å². The lowest BCUT2D eigenvalue weighted by Gasteiger charge is -2.09. The average molecular weight is 515 g/mol. The number of hydrogen-bond donors (Lipinski definition) is 1. The topological polar surface area (TPSA) is 76.4 Å². The molecule has 0 fully saturated rings. The molecule has 4 aromatic rings. The van der Waals surface area contributed by atoms with Crippen LogP contribution in [-0.2, 0) is 6.42 Å². The van der Waals surface area contributed by atoms with Gasteiger partial charge in [0.2, 0.25) is 0 Å². The van der Waals surface area contributed by atoms with Gasteiger partial charge in [0.25, 0.3) is 11.5 Å². The lowest BCUT2D eigenvalue weighted by atomic mass is 10.0. The number of rotatable bonds is 9. The van der Waals surface area contributed by atoms with Crippen LogP contribution in [0.25, 0.3) is 16.6 Å². The molecule has 0 radical (unpaired) electrons. The molecule has 0 aliphatic heterocycles. The first-order chi connectivity index (χ1) is 16.0. The third kappa shape index (κ3) is 7.03. The Morgan fingerprint density at radius 1 is 1.03 bits per heavy atom. The van der Waals surface area contributed by atoms with Crippen LogP contribution in [0.15, 0.2) is 65.8 Å². The first kappa shape index (κ1) is 28.3. The van der Waals surface area contributed by atoms with Crippen LogP contribution in [0.5, 0.6) is 0 Å². The highest BCUT2D eigenvalue weighted by molar-refractivity contribution is 5.94. The van der Waals surface area contributed by atoms with Crippen LogP contribution < -0.4 is 10.9 Å². The molecule has 0 atom stereocenters. The first-order valence-electron chi connectivity index (χ1n) is 11.7. The summed E-state index contributed by atoms with van der Waals surface area (Å²) in [6, 6.07) is 13.3. The average Bonchev–Trinajstić information content (AvgIpc) is 2.83. The number of unbranched alkanes of at least 4 members (excludes halogenated alkanes) is 3. The summed E-state index contributed by atoms with van der Waals surface area (Å²) >= 11 is 0. The fraction of sp³-hybridized carbons (Fsp3) is 0.333. The normalized spacial score (nSPS) is 10.7. The number of aryl methyl sites for hydroxylation is 1. The van der Waals surface area contributed by atoms with E-state index in [4.69, 9.17) is 0 Å². The second kappa shape index (κ2) is 13.2. The molecule has 0 bridgehead atoms. The maximum Gasteiger partial charge on any atom is 0.265 e. The predicted molar refractivity (Wildman–Crippen MR) is 146 cm³/mol. The SMILES string of the molecule is CC(C)c1ccc2nc3ccc(C(=O)NCCCCCCc4cccnc4)cn3c(=O)c2c1.Cl.Cl. The quantitative estimate of drug-likeness (QED) is 0.228. The van der Waals surface area contributed by atoms with Crippen molar-refractivity contribution in [3.63, 3.8) is 0 Å². The van der Waals surface area contributed by atoms with E-state index in [0.29, 0.717) is 34.6 Å². The highest BCUT2D eigenvalue weighted by Crippen LogP contribution is 2.19. The van der Waals surface area contributed by atoms with Crippen molar-refractivity contribution in [2.24, 2.45) is 0 Å². The van der Waals surface area contributed by atoms with Crippen molar-refractivity contribution in [2.45, 2.75) is 51.9 Å². The molecule has 3 aromatic heterocycles. The maximum atomic E-state index is 13.1. The Balaban J connectivity index is 0.00000216. The minimum Gasteiger partial charge on any atom is -0.352 e. The van der Waals surface area contributed by atoms with Crippen LogP contribution in [-0.4, -0.2) is 26.8 Å². The van der Waals surface area contributed by atoms with Gasteiger partial charge in [-0.25, -0.2) is 4.98 Å². The molecule has 6 nitrogen and oxygen atoms in total. The van der Waals surface area contributed by atoms with Crippen LogP contribution in [0.3, 0.4) is 0 Å². The number of amides is 1. The van der Waals surface area contributed by atoms with E-state index in [1.165, 1.54) is 9.96 Å². The van der Waals surface area contributed by atoms with E-state index in [1.54, 1.807) is 24.5 Å². The van der Waals surface area contributed by atoms with Gasteiger partial charge in [0.1, 0.15) is 5.65 Å². The van der Waals surface area contributed by atoms with Crippen molar-refractivity contribution in [2.75, 3.05) is 6.54 Å². The Morgan fingerprint density at radius 2 is 1.83 bits per heavy atom. The van der Waals surface area contributed by atoms with Crippen molar-refractivity contribution in [3.05, 3.63) is 88.1 Å². The predicted octanol–water partition coefficient (Wildman–Crippen LogP) is 5.74. The molecular formula is C27H32Cl2N4O2. The van der Waals surface area contributed by atoms with Gasteiger partial charge >= 0.3 is 0 Å². The van der Waals surface area contributed by atoms with Gasteiger partial charge in [-0.1, -0.05) is 38.8 Å². The van der Waals surface area contributed by atoms with Gasteiger partial charge in [0.15, 0.2) is 0 Å². The van der Waals surface area contributed by atoms with E-state index in [-0.39, 0.29) is 36.3 Å². The number of pyridine rings is 2. The molecule has 3 heterocycles. The van der Waals surface area contributed by atoms with Crippen LogP contribution in [0.4, 0.5) is 0 Å². The van der Waals surface area contributed by atoms with E-state index in [9.17, 15) is 9.59 Å². The first-order valence-corrected chi connectivity index (χ1v) is 11.7. The summed E-state index contributed by atoms with van der Waals surface area (Å²) < 4.78 is 1.47. The molecule has 0 saturated heterocycles. The van der Waals surface area contributed by atoms with E-state index in [1.807, 2.05) is 30.5 Å². The van der Waals surface area contributed by atoms with E-state index < -0.39 is 0 Å². The molecule has 0 aliphatic rings. The van der Waals surface area contributed by atoms with E-state index in [0.717, 1.165) is 37.7 Å². The standard InChI is InChI=1S/C27H30N4O2.2ClH/c1-19(2)21-10-12-24-23(16-21)27(33)31-18-22(11-13-25(31)30-24)26(32)29-15-6-4-3-5-8-20-9-7-14-28-17-20;;/h7,9-14,16-19H,3-6,8,15H2,1-2H3,(H,29,32);2*1H. The van der Waals surface area contributed by atoms with Crippen LogP contribution in [0, 0.1) is 0 Å². The number of aromatic nitrogens is 3. The largest absolute Gasteiger partial charge is 0.352 e. The number of benzene rings is 1. The fourth-order valence-electron chi connectivity index (χ4n) is 3.97. The monoisotopic (exact) mass is 514 g/mol. The number of fused-ring (bicyclic) bond motifs is 2. The van der Waals surface area contributed by atoms with E-state index >= 15 is 0 Å². The van der Waals surface area contributed by atoms with Crippen LogP contribution >= 0.6 is 24.8 Å². The number of nitrogens with one attached hydrogen (secondary N) is 1. The van der Waals surface area contributed by atoms with Crippen molar-refractivity contribution in [3.8, 4) is 0 Å². The second-order valence-corrected chi connectivity index (χ2v) is 8.78. The van der Waals surface area contributed by atoms with Crippen molar-refractivity contribution < 1.29 is 4.79 Å². The van der Waals surface area contributed by atoms with Gasteiger partial charge in [-0.05, 0) is 66.6 Å². The molecule has 8 heteroatoms. The third-order valence-electron chi connectivity index (χ3n) is 5.96. The lowest BCUT2D eigenvalue weighted by molar-refractivity contribution is 0.0952. The van der Waals surface area contributed by atoms with Crippen molar-refractivity contribution >= 4 is 47.3 Å². The third-order valence-corrected chi connectivity index (χ3v) is 5.96. The summed E-state index contributed by atoms with van der Waals surface area (Å²) in [7, 11) is 0. The molecule has 0 aliphatic carbocycles. The lowest BCUT2D eigenvalue weighted by Crippen LogP contribution is -2.25. The van der Waals surface area contributed by atoms with E-state index in [2.05, 4.69) is 35.2 Å². The Morgan fingerprint density at radius 3 is 2.57 bits per heavy atom. The summed E-state index contributed by atoms with van der Waals surface area (Å²) in [5.41, 5.74) is 3.87. The number of carbonyl (C=O) groups excluding carboxylic acids is 1. The molecule has 1 aromatic carbocycles. The number of halogens is 2. The Hall–Kier alpha value is -2.96. The summed E-state index contributed by atoms with van der Waals surface area (Å²) in [4.78, 5) is 34.4. The Bertz CT molecular complexity index is 1320. The zero-order valence-electron chi connectivity index (χ0n) is 20.1. The summed E-state index contributed by atoms with van der Waals surface area (Å²) in [6.07, 6.45) is 10.6. The molecule has 35 heavy (non-hydrogen) atoms. The molecule has 0 unspecified atom stereocenters. The minimum atomic E-state index is -0.171. The fourth-order valence-corrected chi connectivity index (χ4v) is 3.97. The van der Waals surface area contributed by atoms with Gasteiger partial charge in [0, 0.05) is 25.1 Å². The molecule has 1 amide bonds. The molecule has 186 valence electrons. The van der Waals surface area contributed by atoms with Gasteiger partial charge in [-0.2, -0.15) is 0 Å². The Kier molecular flexibility index (Phi) is 10.7. The zero-order valence-corrected chi connectivity index (χ0v) is 21.7. The Labute approximate surface area is 218 Å². The highest BCUT2D eigenvalue weighted by Gasteiger charge is 2.11. The van der Waals surface area contributed by atoms with Gasteiger partial charge in [0.05, 0.1) is 16.5 Å².